The van der Waals surface area contributed by atoms with E-state index >= 15 is 0 Å². The number of methoxy groups -OCH3 is 1. The monoisotopic (exact) mass is 235 g/mol. The van der Waals surface area contributed by atoms with Crippen molar-refractivity contribution in [3.05, 3.63) is 29.3 Å². The minimum atomic E-state index is -0.0698. The normalized spacial score (nSPS) is 18.8. The molecule has 1 saturated carbocycles. The summed E-state index contributed by atoms with van der Waals surface area (Å²) in [6.45, 7) is 2.29. The molecule has 94 valence electrons. The van der Waals surface area contributed by atoms with Gasteiger partial charge in [-0.15, -0.1) is 0 Å². The molecule has 0 bridgehead atoms. The highest BCUT2D eigenvalue weighted by molar-refractivity contribution is 5.39. The maximum atomic E-state index is 9.41. The largest absolute Gasteiger partial charge is 0.496 e. The zero-order chi connectivity index (χ0) is 12.5. The second kappa shape index (κ2) is 4.67. The Kier molecular flexibility index (Phi) is 3.40. The molecule has 0 radical (unpaired) electrons. The fraction of sp³-hybridized carbons (Fsp3) is 0.571. The van der Waals surface area contributed by atoms with Crippen molar-refractivity contribution >= 4 is 0 Å². The first-order valence-corrected chi connectivity index (χ1v) is 6.20. The molecular weight excluding hydrogens is 214 g/mol. The van der Waals surface area contributed by atoms with Gasteiger partial charge in [0.05, 0.1) is 13.7 Å². The smallest absolute Gasteiger partial charge is 0.122 e. The molecule has 2 rings (SSSR count). The number of hydrogen-bond acceptors (Lipinski definition) is 3. The van der Waals surface area contributed by atoms with Crippen LogP contribution in [-0.4, -0.2) is 18.8 Å². The second-order valence-electron chi connectivity index (χ2n) is 4.92. The molecule has 1 aromatic rings. The first-order chi connectivity index (χ1) is 8.16. The summed E-state index contributed by atoms with van der Waals surface area (Å²) in [5, 5.41) is 9.41. The van der Waals surface area contributed by atoms with Gasteiger partial charge in [0.25, 0.3) is 0 Å². The molecule has 0 spiro atoms. The van der Waals surface area contributed by atoms with Crippen LogP contribution in [-0.2, 0) is 6.42 Å². The molecule has 1 aliphatic carbocycles. The SMILES string of the molecule is CCc1cc(C(N)C2(CO)CC2)ccc1OC. The number of aliphatic hydroxyl groups is 1. The Labute approximate surface area is 103 Å². The van der Waals surface area contributed by atoms with Gasteiger partial charge >= 0.3 is 0 Å². The minimum absolute atomic E-state index is 0.0660. The lowest BCUT2D eigenvalue weighted by Crippen LogP contribution is -2.25. The van der Waals surface area contributed by atoms with Gasteiger partial charge in [-0.25, -0.2) is 0 Å². The number of benzene rings is 1. The van der Waals surface area contributed by atoms with Crippen molar-refractivity contribution in [2.75, 3.05) is 13.7 Å². The molecule has 1 aromatic carbocycles. The van der Waals surface area contributed by atoms with Crippen LogP contribution in [0.1, 0.15) is 36.9 Å². The first kappa shape index (κ1) is 12.4. The van der Waals surface area contributed by atoms with Gasteiger partial charge in [-0.3, -0.25) is 0 Å². The maximum Gasteiger partial charge on any atom is 0.122 e. The van der Waals surface area contributed by atoms with Crippen molar-refractivity contribution < 1.29 is 9.84 Å². The topological polar surface area (TPSA) is 55.5 Å². The van der Waals surface area contributed by atoms with Crippen LogP contribution in [0.4, 0.5) is 0 Å². The van der Waals surface area contributed by atoms with E-state index in [1.807, 2.05) is 12.1 Å². The van der Waals surface area contributed by atoms with Crippen LogP contribution in [0.25, 0.3) is 0 Å². The Morgan fingerprint density at radius 2 is 2.18 bits per heavy atom. The van der Waals surface area contributed by atoms with Crippen LogP contribution >= 0.6 is 0 Å². The van der Waals surface area contributed by atoms with E-state index in [0.29, 0.717) is 0 Å². The van der Waals surface area contributed by atoms with E-state index in [9.17, 15) is 5.11 Å². The van der Waals surface area contributed by atoms with Gasteiger partial charge in [0.15, 0.2) is 0 Å². The Morgan fingerprint density at radius 3 is 2.65 bits per heavy atom. The summed E-state index contributed by atoms with van der Waals surface area (Å²) in [4.78, 5) is 0. The van der Waals surface area contributed by atoms with Crippen molar-refractivity contribution in [3.63, 3.8) is 0 Å². The predicted molar refractivity (Wildman–Crippen MR) is 68.1 cm³/mol. The van der Waals surface area contributed by atoms with E-state index in [1.165, 1.54) is 5.56 Å². The summed E-state index contributed by atoms with van der Waals surface area (Å²) in [7, 11) is 1.68. The number of aryl methyl sites for hydroxylation is 1. The number of nitrogens with two attached hydrogens (primary N) is 1. The molecule has 0 aliphatic heterocycles. The second-order valence-corrected chi connectivity index (χ2v) is 4.92. The fourth-order valence-electron chi connectivity index (χ4n) is 2.35. The van der Waals surface area contributed by atoms with Crippen molar-refractivity contribution in [1.82, 2.24) is 0 Å². The Balaban J connectivity index is 2.27. The van der Waals surface area contributed by atoms with Crippen molar-refractivity contribution in [1.29, 1.82) is 0 Å². The summed E-state index contributed by atoms with van der Waals surface area (Å²) < 4.78 is 5.31. The zero-order valence-electron chi connectivity index (χ0n) is 10.6. The van der Waals surface area contributed by atoms with Gasteiger partial charge in [0.2, 0.25) is 0 Å². The number of hydrogen-bond donors (Lipinski definition) is 2. The Morgan fingerprint density at radius 1 is 1.47 bits per heavy atom. The van der Waals surface area contributed by atoms with Gasteiger partial charge in [-0.1, -0.05) is 19.1 Å². The highest BCUT2D eigenvalue weighted by Crippen LogP contribution is 2.53. The average molecular weight is 235 g/mol. The quantitative estimate of drug-likeness (QED) is 0.821. The van der Waals surface area contributed by atoms with Crippen LogP contribution in [0, 0.1) is 5.41 Å². The number of aliphatic hydroxyl groups excluding tert-OH is 1. The number of rotatable bonds is 5. The summed E-state index contributed by atoms with van der Waals surface area (Å²) in [5.74, 6) is 0.914. The molecule has 3 nitrogen and oxygen atoms in total. The van der Waals surface area contributed by atoms with Crippen LogP contribution in [0.15, 0.2) is 18.2 Å². The highest BCUT2D eigenvalue weighted by atomic mass is 16.5. The highest BCUT2D eigenvalue weighted by Gasteiger charge is 2.47. The third-order valence-electron chi connectivity index (χ3n) is 3.91. The molecule has 0 heterocycles. The number of ether oxygens (including phenoxy) is 1. The molecular formula is C14H21NO2. The third-order valence-corrected chi connectivity index (χ3v) is 3.91. The van der Waals surface area contributed by atoms with Crippen molar-refractivity contribution in [3.8, 4) is 5.75 Å². The Hall–Kier alpha value is -1.06. The van der Waals surface area contributed by atoms with Gasteiger partial charge in [-0.2, -0.15) is 0 Å². The zero-order valence-corrected chi connectivity index (χ0v) is 10.6. The molecule has 1 atom stereocenters. The van der Waals surface area contributed by atoms with Crippen LogP contribution < -0.4 is 10.5 Å². The summed E-state index contributed by atoms with van der Waals surface area (Å²) in [5.41, 5.74) is 8.47. The van der Waals surface area contributed by atoms with Crippen LogP contribution in [0.5, 0.6) is 5.75 Å². The third kappa shape index (κ3) is 2.17. The standard InChI is InChI=1S/C14H21NO2/c1-3-10-8-11(4-5-12(10)17-2)13(15)14(9-16)6-7-14/h4-5,8,13,16H,3,6-7,9,15H2,1-2H3. The molecule has 0 aromatic heterocycles. The predicted octanol–water partition coefficient (Wildman–Crippen LogP) is 2.03. The molecule has 3 heteroatoms. The van der Waals surface area contributed by atoms with Crippen LogP contribution in [0.2, 0.25) is 0 Å². The van der Waals surface area contributed by atoms with Gasteiger partial charge in [0, 0.05) is 11.5 Å². The van der Waals surface area contributed by atoms with Crippen LogP contribution in [0.3, 0.4) is 0 Å². The van der Waals surface area contributed by atoms with Crippen molar-refractivity contribution in [2.45, 2.75) is 32.2 Å². The van der Waals surface area contributed by atoms with E-state index < -0.39 is 0 Å². The van der Waals surface area contributed by atoms with Gasteiger partial charge in [-0.05, 0) is 36.5 Å². The lowest BCUT2D eigenvalue weighted by atomic mass is 9.90. The summed E-state index contributed by atoms with van der Waals surface area (Å²) in [6.07, 6.45) is 2.98. The summed E-state index contributed by atoms with van der Waals surface area (Å²) >= 11 is 0. The lowest BCUT2D eigenvalue weighted by Gasteiger charge is -2.22. The maximum absolute atomic E-state index is 9.41. The van der Waals surface area contributed by atoms with E-state index in [0.717, 1.165) is 30.6 Å². The van der Waals surface area contributed by atoms with E-state index in [-0.39, 0.29) is 18.1 Å². The van der Waals surface area contributed by atoms with E-state index in [2.05, 4.69) is 13.0 Å². The van der Waals surface area contributed by atoms with E-state index in [4.69, 9.17) is 10.5 Å². The molecule has 0 amide bonds. The minimum Gasteiger partial charge on any atom is -0.496 e. The lowest BCUT2D eigenvalue weighted by molar-refractivity contribution is 0.187. The fourth-order valence-corrected chi connectivity index (χ4v) is 2.35. The first-order valence-electron chi connectivity index (χ1n) is 6.20. The molecule has 17 heavy (non-hydrogen) atoms. The van der Waals surface area contributed by atoms with Crippen molar-refractivity contribution in [2.24, 2.45) is 11.1 Å². The molecule has 3 N–H and O–H groups in total. The molecule has 1 unspecified atom stereocenters. The Bertz CT molecular complexity index is 399. The average Bonchev–Trinajstić information content (AvgIpc) is 3.18. The molecule has 0 saturated heterocycles. The van der Waals surface area contributed by atoms with Gasteiger partial charge in [0.1, 0.15) is 5.75 Å². The molecule has 1 fully saturated rings. The van der Waals surface area contributed by atoms with E-state index in [1.54, 1.807) is 7.11 Å². The molecule has 1 aliphatic rings. The van der Waals surface area contributed by atoms with Gasteiger partial charge < -0.3 is 15.6 Å². The summed E-state index contributed by atoms with van der Waals surface area (Å²) in [6, 6.07) is 6.03.